The van der Waals surface area contributed by atoms with Gasteiger partial charge in [0.2, 0.25) is 0 Å². The summed E-state index contributed by atoms with van der Waals surface area (Å²) in [6.45, 7) is -0.296. The first kappa shape index (κ1) is 15.3. The van der Waals surface area contributed by atoms with Crippen molar-refractivity contribution in [2.45, 2.75) is 31.6 Å². The molecule has 0 amide bonds. The summed E-state index contributed by atoms with van der Waals surface area (Å²) in [4.78, 5) is 0. The van der Waals surface area contributed by atoms with Gasteiger partial charge in [-0.15, -0.1) is 8.78 Å². The average molecular weight is 266 g/mol. The van der Waals surface area contributed by atoms with Crippen LogP contribution in [-0.4, -0.2) is 24.7 Å². The van der Waals surface area contributed by atoms with Crippen LogP contribution in [0.3, 0.4) is 0 Å². The van der Waals surface area contributed by atoms with E-state index in [9.17, 15) is 39.5 Å². The Hall–Kier alpha value is -0.710. The van der Waals surface area contributed by atoms with Crippen LogP contribution in [0.15, 0.2) is 0 Å². The molecular weight excluding hydrogens is 263 g/mol. The van der Waals surface area contributed by atoms with Crippen molar-refractivity contribution < 1.29 is 49.0 Å². The van der Waals surface area contributed by atoms with Gasteiger partial charge in [0.1, 0.15) is 0 Å². The smallest absolute Gasteiger partial charge is 0.230 e. The first-order valence-electron chi connectivity index (χ1n) is 3.27. The maximum atomic E-state index is 12.0. The van der Waals surface area contributed by atoms with Crippen LogP contribution in [0.2, 0.25) is 0 Å². The van der Waals surface area contributed by atoms with Gasteiger partial charge >= 0.3 is 24.7 Å². The molecule has 0 atom stereocenters. The standard InChI is InChI=1S/C5H3F9O2/c1-2(6,7)15-5(13,14)16-4(11,12)3(8,9)10/h1H3. The van der Waals surface area contributed by atoms with Crippen molar-refractivity contribution in [1.29, 1.82) is 0 Å². The third kappa shape index (κ3) is 4.88. The Morgan fingerprint density at radius 1 is 0.688 bits per heavy atom. The van der Waals surface area contributed by atoms with Crippen molar-refractivity contribution in [1.82, 2.24) is 0 Å². The van der Waals surface area contributed by atoms with Crippen LogP contribution in [-0.2, 0) is 9.47 Å². The monoisotopic (exact) mass is 266 g/mol. The number of rotatable bonds is 4. The van der Waals surface area contributed by atoms with Crippen LogP contribution < -0.4 is 0 Å². The molecule has 0 rings (SSSR count). The summed E-state index contributed by atoms with van der Waals surface area (Å²) < 4.78 is 110. The average Bonchev–Trinajstić information content (AvgIpc) is 1.72. The quantitative estimate of drug-likeness (QED) is 0.574. The molecule has 0 aliphatic heterocycles. The number of ether oxygens (including phenoxy) is 2. The number of hydrogen-bond acceptors (Lipinski definition) is 2. The topological polar surface area (TPSA) is 18.5 Å². The summed E-state index contributed by atoms with van der Waals surface area (Å²) in [5.74, 6) is 0. The van der Waals surface area contributed by atoms with Crippen molar-refractivity contribution in [3.8, 4) is 0 Å². The summed E-state index contributed by atoms with van der Waals surface area (Å²) in [7, 11) is 0. The highest BCUT2D eigenvalue weighted by molar-refractivity contribution is 4.65. The van der Waals surface area contributed by atoms with Crippen molar-refractivity contribution in [2.24, 2.45) is 0 Å². The summed E-state index contributed by atoms with van der Waals surface area (Å²) in [5, 5.41) is 0. The van der Waals surface area contributed by atoms with Gasteiger partial charge in [-0.2, -0.15) is 30.7 Å². The van der Waals surface area contributed by atoms with E-state index in [1.54, 1.807) is 0 Å². The molecule has 0 aliphatic rings. The van der Waals surface area contributed by atoms with Crippen LogP contribution >= 0.6 is 0 Å². The van der Waals surface area contributed by atoms with E-state index in [0.29, 0.717) is 0 Å². The van der Waals surface area contributed by atoms with E-state index in [0.717, 1.165) is 0 Å². The summed E-state index contributed by atoms with van der Waals surface area (Å²) in [6, 6.07) is 0. The summed E-state index contributed by atoms with van der Waals surface area (Å²) in [5.41, 5.74) is 0. The van der Waals surface area contributed by atoms with Crippen LogP contribution in [0, 0.1) is 0 Å². The Kier molecular flexibility index (Phi) is 3.77. The fraction of sp³-hybridized carbons (Fsp3) is 1.00. The van der Waals surface area contributed by atoms with Crippen molar-refractivity contribution in [3.63, 3.8) is 0 Å². The van der Waals surface area contributed by atoms with E-state index < -0.39 is 24.7 Å². The van der Waals surface area contributed by atoms with Gasteiger partial charge in [0.05, 0.1) is 0 Å². The van der Waals surface area contributed by atoms with Crippen molar-refractivity contribution >= 4 is 0 Å². The molecule has 0 radical (unpaired) electrons. The molecule has 0 heterocycles. The molecule has 0 N–H and O–H groups in total. The Balaban J connectivity index is 4.72. The first-order valence-corrected chi connectivity index (χ1v) is 3.27. The minimum Gasteiger partial charge on any atom is -0.230 e. The predicted molar refractivity (Wildman–Crippen MR) is 28.7 cm³/mol. The van der Waals surface area contributed by atoms with Gasteiger partial charge in [0.15, 0.2) is 0 Å². The van der Waals surface area contributed by atoms with Gasteiger partial charge < -0.3 is 0 Å². The Bertz CT molecular complexity index is 239. The van der Waals surface area contributed by atoms with E-state index in [2.05, 4.69) is 4.74 Å². The minimum atomic E-state index is -6.48. The minimum absolute atomic E-state index is 0.296. The van der Waals surface area contributed by atoms with E-state index >= 15 is 0 Å². The van der Waals surface area contributed by atoms with E-state index in [1.165, 1.54) is 0 Å². The molecule has 11 heteroatoms. The third-order valence-electron chi connectivity index (χ3n) is 0.875. The Morgan fingerprint density at radius 2 is 1.06 bits per heavy atom. The molecule has 98 valence electrons. The summed E-state index contributed by atoms with van der Waals surface area (Å²) in [6.07, 6.45) is -23.2. The molecule has 16 heavy (non-hydrogen) atoms. The van der Waals surface area contributed by atoms with E-state index in [4.69, 9.17) is 0 Å². The second-order valence-electron chi connectivity index (χ2n) is 2.49. The van der Waals surface area contributed by atoms with Gasteiger partial charge in [0.25, 0.3) is 0 Å². The molecule has 0 aliphatic carbocycles. The Labute approximate surface area is 81.9 Å². The summed E-state index contributed by atoms with van der Waals surface area (Å²) >= 11 is 0. The molecule has 0 unspecified atom stereocenters. The lowest BCUT2D eigenvalue weighted by Gasteiger charge is -2.25. The molecule has 2 nitrogen and oxygen atoms in total. The number of halogens is 9. The normalized spacial score (nSPS) is 15.4. The van der Waals surface area contributed by atoms with Crippen LogP contribution in [0.4, 0.5) is 39.5 Å². The Morgan fingerprint density at radius 3 is 1.31 bits per heavy atom. The second-order valence-corrected chi connectivity index (χ2v) is 2.49. The molecule has 0 spiro atoms. The fourth-order valence-electron chi connectivity index (χ4n) is 0.437. The van der Waals surface area contributed by atoms with E-state index in [1.807, 2.05) is 4.74 Å². The van der Waals surface area contributed by atoms with Crippen molar-refractivity contribution in [3.05, 3.63) is 0 Å². The molecule has 0 saturated carbocycles. The van der Waals surface area contributed by atoms with Crippen LogP contribution in [0.25, 0.3) is 0 Å². The zero-order valence-electron chi connectivity index (χ0n) is 7.22. The highest BCUT2D eigenvalue weighted by atomic mass is 19.4. The van der Waals surface area contributed by atoms with Crippen LogP contribution in [0.5, 0.6) is 0 Å². The zero-order valence-corrected chi connectivity index (χ0v) is 7.22. The van der Waals surface area contributed by atoms with Crippen molar-refractivity contribution in [2.75, 3.05) is 0 Å². The SMILES string of the molecule is CC(F)(F)OC(F)(F)OC(F)(F)C(F)(F)F. The molecular formula is C5H3F9O2. The third-order valence-corrected chi connectivity index (χ3v) is 0.875. The fourth-order valence-corrected chi connectivity index (χ4v) is 0.437. The predicted octanol–water partition coefficient (Wildman–Crippen LogP) is 3.34. The maximum absolute atomic E-state index is 12.0. The first-order chi connectivity index (χ1) is 6.66. The molecule has 0 aromatic heterocycles. The highest BCUT2D eigenvalue weighted by Gasteiger charge is 2.65. The maximum Gasteiger partial charge on any atom is 0.495 e. The number of hydrogen-bond donors (Lipinski definition) is 0. The molecule has 0 bridgehead atoms. The molecule has 0 aromatic rings. The lowest BCUT2D eigenvalue weighted by Crippen LogP contribution is -2.47. The van der Waals surface area contributed by atoms with Gasteiger partial charge in [0, 0.05) is 6.92 Å². The van der Waals surface area contributed by atoms with Gasteiger partial charge in [-0.3, -0.25) is 0 Å². The lowest BCUT2D eigenvalue weighted by molar-refractivity contribution is -0.541. The zero-order chi connectivity index (χ0) is 13.4. The van der Waals surface area contributed by atoms with Gasteiger partial charge in [-0.05, 0) is 0 Å². The highest BCUT2D eigenvalue weighted by Crippen LogP contribution is 2.41. The van der Waals surface area contributed by atoms with E-state index in [-0.39, 0.29) is 6.92 Å². The molecule has 0 fully saturated rings. The molecule has 0 saturated heterocycles. The largest absolute Gasteiger partial charge is 0.495 e. The molecule has 0 aromatic carbocycles. The van der Waals surface area contributed by atoms with Crippen LogP contribution in [0.1, 0.15) is 6.92 Å². The number of alkyl halides is 9. The lowest BCUT2D eigenvalue weighted by atomic mass is 10.6. The second kappa shape index (κ2) is 3.95. The van der Waals surface area contributed by atoms with Gasteiger partial charge in [-0.1, -0.05) is 0 Å². The van der Waals surface area contributed by atoms with Gasteiger partial charge in [-0.25, -0.2) is 9.47 Å².